The Morgan fingerprint density at radius 3 is 1.71 bits per heavy atom. The molecule has 0 amide bonds. The van der Waals surface area contributed by atoms with E-state index in [0.29, 0.717) is 0 Å². The van der Waals surface area contributed by atoms with E-state index in [9.17, 15) is 0 Å². The van der Waals surface area contributed by atoms with Crippen molar-refractivity contribution in [1.82, 2.24) is 4.57 Å². The molecule has 0 radical (unpaired) electrons. The molecule has 1 aliphatic carbocycles. The van der Waals surface area contributed by atoms with Crippen molar-refractivity contribution in [2.75, 3.05) is 4.90 Å². The number of para-hydroxylation sites is 2. The van der Waals surface area contributed by atoms with E-state index in [-0.39, 0.29) is 5.41 Å². The third-order valence-corrected chi connectivity index (χ3v) is 12.4. The van der Waals surface area contributed by atoms with Crippen LogP contribution in [0.2, 0.25) is 0 Å². The second kappa shape index (κ2) is 13.9. The van der Waals surface area contributed by atoms with Gasteiger partial charge in [-0.3, -0.25) is 0 Å². The summed E-state index contributed by atoms with van der Waals surface area (Å²) in [5.41, 5.74) is 19.4. The van der Waals surface area contributed by atoms with Gasteiger partial charge in [0.05, 0.1) is 11.0 Å². The quantitative estimate of drug-likeness (QED) is 0.157. The highest BCUT2D eigenvalue weighted by molar-refractivity contribution is 6.10. The average Bonchev–Trinajstić information content (AvgIpc) is 3.75. The molecule has 0 bridgehead atoms. The first-order valence-electron chi connectivity index (χ1n) is 20.5. The van der Waals surface area contributed by atoms with Gasteiger partial charge in [-0.1, -0.05) is 166 Å². The first-order valence-corrected chi connectivity index (χ1v) is 20.5. The van der Waals surface area contributed by atoms with E-state index in [1.807, 2.05) is 0 Å². The summed E-state index contributed by atoms with van der Waals surface area (Å²) in [6.07, 6.45) is 0. The van der Waals surface area contributed by atoms with Crippen molar-refractivity contribution >= 4 is 38.9 Å². The molecule has 0 saturated heterocycles. The average molecular weight is 755 g/mol. The van der Waals surface area contributed by atoms with Crippen LogP contribution >= 0.6 is 0 Å². The topological polar surface area (TPSA) is 8.17 Å². The zero-order valence-electron chi connectivity index (χ0n) is 33.2. The Labute approximate surface area is 345 Å². The Bertz CT molecular complexity index is 3170. The van der Waals surface area contributed by atoms with Crippen molar-refractivity contribution in [3.8, 4) is 50.2 Å². The number of anilines is 3. The SMILES string of the molecule is CC1(C)c2ccccc2-c2ccc(N(c3ccc(-c4ccc5c(c4)c4ccccc4n5-c4ccccc4)cc3)c3cccc(-c4ccccc4-c4ccccc4)c3)cc21. The number of hydrogen-bond acceptors (Lipinski definition) is 1. The molecule has 1 aromatic heterocycles. The highest BCUT2D eigenvalue weighted by atomic mass is 15.1. The molecule has 0 atom stereocenters. The number of fused-ring (bicyclic) bond motifs is 6. The standard InChI is InChI=1S/C57H42N2/c1-57(2)53-26-13-11-24-49(53)50-34-33-46(38-54(50)57)58(45-21-15-18-42(36-45)48-23-10-9-22-47(48)40-16-5-3-6-17-40)44-31-28-39(29-32-44)41-30-35-56-52(37-41)51-25-12-14-27-55(51)59(56)43-19-7-4-8-20-43/h3-38H,1-2H3. The molecule has 0 spiro atoms. The highest BCUT2D eigenvalue weighted by Gasteiger charge is 2.35. The Kier molecular flexibility index (Phi) is 8.20. The van der Waals surface area contributed by atoms with Crippen LogP contribution in [0.3, 0.4) is 0 Å². The normalized spacial score (nSPS) is 12.7. The lowest BCUT2D eigenvalue weighted by Gasteiger charge is -2.28. The van der Waals surface area contributed by atoms with Crippen molar-refractivity contribution < 1.29 is 0 Å². The number of hydrogen-bond donors (Lipinski definition) is 0. The van der Waals surface area contributed by atoms with E-state index in [1.165, 1.54) is 83.1 Å². The molecule has 0 saturated carbocycles. The van der Waals surface area contributed by atoms with Gasteiger partial charge in [0.2, 0.25) is 0 Å². The van der Waals surface area contributed by atoms with Gasteiger partial charge >= 0.3 is 0 Å². The van der Waals surface area contributed by atoms with Crippen molar-refractivity contribution in [1.29, 1.82) is 0 Å². The van der Waals surface area contributed by atoms with E-state index in [4.69, 9.17) is 0 Å². The minimum Gasteiger partial charge on any atom is -0.310 e. The van der Waals surface area contributed by atoms with Crippen molar-refractivity contribution in [2.45, 2.75) is 19.3 Å². The first-order chi connectivity index (χ1) is 29.0. The van der Waals surface area contributed by atoms with Crippen molar-refractivity contribution in [3.05, 3.63) is 230 Å². The summed E-state index contributed by atoms with van der Waals surface area (Å²) in [5, 5.41) is 2.51. The van der Waals surface area contributed by atoms with Gasteiger partial charge in [-0.25, -0.2) is 0 Å². The Morgan fingerprint density at radius 2 is 0.915 bits per heavy atom. The molecule has 1 heterocycles. The summed E-state index contributed by atoms with van der Waals surface area (Å²) < 4.78 is 2.37. The van der Waals surface area contributed by atoms with E-state index in [1.54, 1.807) is 0 Å². The lowest BCUT2D eigenvalue weighted by Crippen LogP contribution is -2.16. The molecular weight excluding hydrogens is 713 g/mol. The minimum atomic E-state index is -0.115. The fourth-order valence-electron chi connectivity index (χ4n) is 9.51. The summed E-state index contributed by atoms with van der Waals surface area (Å²) in [4.78, 5) is 2.43. The maximum atomic E-state index is 2.43. The predicted molar refractivity (Wildman–Crippen MR) is 249 cm³/mol. The molecule has 10 aromatic rings. The number of benzene rings is 9. The molecule has 59 heavy (non-hydrogen) atoms. The van der Waals surface area contributed by atoms with Crippen molar-refractivity contribution in [3.63, 3.8) is 0 Å². The van der Waals surface area contributed by atoms with Gasteiger partial charge in [0.25, 0.3) is 0 Å². The molecule has 1 aliphatic rings. The maximum absolute atomic E-state index is 2.43. The van der Waals surface area contributed by atoms with E-state index < -0.39 is 0 Å². The van der Waals surface area contributed by atoms with Gasteiger partial charge in [-0.05, 0) is 122 Å². The molecule has 0 N–H and O–H groups in total. The number of nitrogens with zero attached hydrogens (tertiary/aromatic N) is 2. The van der Waals surface area contributed by atoms with Gasteiger partial charge in [0.15, 0.2) is 0 Å². The van der Waals surface area contributed by atoms with Crippen LogP contribution in [-0.2, 0) is 5.41 Å². The lowest BCUT2D eigenvalue weighted by atomic mass is 9.82. The molecule has 0 unspecified atom stereocenters. The zero-order chi connectivity index (χ0) is 39.5. The third kappa shape index (κ3) is 5.79. The second-order valence-electron chi connectivity index (χ2n) is 16.2. The number of aromatic nitrogens is 1. The molecule has 11 rings (SSSR count). The second-order valence-corrected chi connectivity index (χ2v) is 16.2. The fraction of sp³-hybridized carbons (Fsp3) is 0.0526. The monoisotopic (exact) mass is 754 g/mol. The Hall–Kier alpha value is -7.42. The molecule has 0 aliphatic heterocycles. The van der Waals surface area contributed by atoms with Gasteiger partial charge in [0, 0.05) is 38.9 Å². The summed E-state index contributed by atoms with van der Waals surface area (Å²) >= 11 is 0. The van der Waals surface area contributed by atoms with Crippen molar-refractivity contribution in [2.24, 2.45) is 0 Å². The summed E-state index contributed by atoms with van der Waals surface area (Å²) in [7, 11) is 0. The molecule has 2 nitrogen and oxygen atoms in total. The number of rotatable bonds is 7. The zero-order valence-corrected chi connectivity index (χ0v) is 33.2. The van der Waals surface area contributed by atoms with Crippen LogP contribution in [0.1, 0.15) is 25.0 Å². The van der Waals surface area contributed by atoms with Gasteiger partial charge in [-0.15, -0.1) is 0 Å². The molecule has 0 fully saturated rings. The third-order valence-electron chi connectivity index (χ3n) is 12.4. The molecule has 9 aromatic carbocycles. The van der Waals surface area contributed by atoms with E-state index in [2.05, 4.69) is 242 Å². The highest BCUT2D eigenvalue weighted by Crippen LogP contribution is 2.51. The fourth-order valence-corrected chi connectivity index (χ4v) is 9.51. The van der Waals surface area contributed by atoms with Crippen LogP contribution in [0.15, 0.2) is 218 Å². The van der Waals surface area contributed by atoms with Crippen LogP contribution in [-0.4, -0.2) is 4.57 Å². The first kappa shape index (κ1) is 34.8. The van der Waals surface area contributed by atoms with Gasteiger partial charge in [0.1, 0.15) is 0 Å². The van der Waals surface area contributed by atoms with E-state index >= 15 is 0 Å². The van der Waals surface area contributed by atoms with Crippen LogP contribution in [0.25, 0.3) is 72.0 Å². The van der Waals surface area contributed by atoms with Crippen LogP contribution in [0.5, 0.6) is 0 Å². The lowest BCUT2D eigenvalue weighted by molar-refractivity contribution is 0.660. The van der Waals surface area contributed by atoms with Crippen LogP contribution in [0, 0.1) is 0 Å². The minimum absolute atomic E-state index is 0.115. The molecular formula is C57H42N2. The van der Waals surface area contributed by atoms with E-state index in [0.717, 1.165) is 17.1 Å². The van der Waals surface area contributed by atoms with Crippen LogP contribution in [0.4, 0.5) is 17.1 Å². The summed E-state index contributed by atoms with van der Waals surface area (Å²) in [6, 6.07) is 79.8. The summed E-state index contributed by atoms with van der Waals surface area (Å²) in [6.45, 7) is 4.71. The summed E-state index contributed by atoms with van der Waals surface area (Å²) in [5.74, 6) is 0. The predicted octanol–water partition coefficient (Wildman–Crippen LogP) is 15.6. The Balaban J connectivity index is 1.04. The Morgan fingerprint density at radius 1 is 0.339 bits per heavy atom. The maximum Gasteiger partial charge on any atom is 0.0541 e. The van der Waals surface area contributed by atoms with Gasteiger partial charge in [-0.2, -0.15) is 0 Å². The van der Waals surface area contributed by atoms with Crippen LogP contribution < -0.4 is 4.90 Å². The molecule has 280 valence electrons. The largest absolute Gasteiger partial charge is 0.310 e. The smallest absolute Gasteiger partial charge is 0.0541 e. The van der Waals surface area contributed by atoms with Gasteiger partial charge < -0.3 is 9.47 Å². The molecule has 2 heteroatoms.